The number of aliphatic hydroxyl groups is 7. The molecule has 0 spiro atoms. The third kappa shape index (κ3) is 36.2. The van der Waals surface area contributed by atoms with E-state index in [2.05, 4.69) is 307 Å². The summed E-state index contributed by atoms with van der Waals surface area (Å²) >= 11 is 0. The molecule has 0 aliphatic carbocycles. The van der Waals surface area contributed by atoms with Crippen molar-refractivity contribution in [2.24, 2.45) is 0 Å². The highest BCUT2D eigenvalue weighted by Crippen LogP contribution is 2.36. The number of pyridine rings is 7. The van der Waals surface area contributed by atoms with Gasteiger partial charge in [-0.3, -0.25) is 34.9 Å². The van der Waals surface area contributed by atoms with Crippen LogP contribution in [0.3, 0.4) is 0 Å². The van der Waals surface area contributed by atoms with Gasteiger partial charge in [-0.15, -0.1) is 0 Å². The maximum Gasteiger partial charge on any atom is 0.0780 e. The molecular weight excluding hydrogens is 1720 g/mol. The molecule has 9 atom stereocenters. The van der Waals surface area contributed by atoms with E-state index in [4.69, 9.17) is 34.1 Å². The van der Waals surface area contributed by atoms with Crippen molar-refractivity contribution < 1.29 is 50.0 Å². The van der Waals surface area contributed by atoms with Crippen LogP contribution in [0.1, 0.15) is 291 Å². The zero-order valence-corrected chi connectivity index (χ0v) is 88.7. The van der Waals surface area contributed by atoms with Crippen molar-refractivity contribution in [1.82, 2.24) is 54.5 Å². The Morgan fingerprint density at radius 1 is 0.285 bits per heavy atom. The minimum absolute atomic E-state index is 0.133. The predicted molar refractivity (Wildman–Crippen MR) is 562 cm³/mol. The highest BCUT2D eigenvalue weighted by molar-refractivity contribution is 5.56. The maximum atomic E-state index is 9.88. The van der Waals surface area contributed by atoms with Crippen LogP contribution in [0.5, 0.6) is 0 Å². The van der Waals surface area contributed by atoms with Gasteiger partial charge in [-0.1, -0.05) is 96.9 Å². The van der Waals surface area contributed by atoms with Gasteiger partial charge in [0.15, 0.2) is 0 Å². The molecule has 0 radical (unpaired) electrons. The summed E-state index contributed by atoms with van der Waals surface area (Å²) in [5, 5.41) is 67.9. The topological polar surface area (TPSA) is 295 Å². The molecule has 7 N–H and O–H groups in total. The van der Waals surface area contributed by atoms with E-state index in [1.165, 1.54) is 22.7 Å². The largest absolute Gasteiger partial charge is 0.394 e. The quantitative estimate of drug-likeness (QED) is 0.0240. The SMILES string of the molecule is CC(C)c1ccc(N2CCC(O)CC2)c(CN(C)C)n1.CC(C)c1ccc(N2CCCC(O)C2)c(CN(C)C)n1.CC(C)c1ccc(N2CCC[C@@H](O)C2)c(CN(C)C)n1.CC(C)c1ccc(N2CCC[C@H](O)C2)c(CN(C)C)n1.CO[C@@H]1CC[C@@H](CO)N(c2ccc(C(C)C)nc2)C1.CO[C@@H]1CC[C@H](CO)N(c2ccc(C(C)C)nc2)C1.CO[C@H]1CC[C@@H](CO)N(c2ccc(C(C)C)nc2)C1. The number of ether oxygens (including phenoxy) is 3. The van der Waals surface area contributed by atoms with E-state index in [-0.39, 0.29) is 80.7 Å². The number of aliphatic hydroxyl groups excluding tert-OH is 7. The summed E-state index contributed by atoms with van der Waals surface area (Å²) in [6, 6.07) is 30.3. The lowest BCUT2D eigenvalue weighted by atomic mass is 9.99. The summed E-state index contributed by atoms with van der Waals surface area (Å²) in [6.45, 7) is 43.7. The third-order valence-corrected chi connectivity index (χ3v) is 26.8. The zero-order valence-electron chi connectivity index (χ0n) is 88.7. The van der Waals surface area contributed by atoms with E-state index in [0.717, 1.165) is 268 Å². The zero-order chi connectivity index (χ0) is 100. The minimum atomic E-state index is -0.208. The molecule has 0 saturated carbocycles. The second-order valence-corrected chi connectivity index (χ2v) is 41.9. The van der Waals surface area contributed by atoms with Gasteiger partial charge in [0.05, 0.1) is 162 Å². The first-order valence-electron chi connectivity index (χ1n) is 51.2. The highest BCUT2D eigenvalue weighted by atomic mass is 16.5. The van der Waals surface area contributed by atoms with Gasteiger partial charge >= 0.3 is 0 Å². The van der Waals surface area contributed by atoms with Crippen LogP contribution in [-0.2, 0) is 40.4 Å². The Morgan fingerprint density at radius 2 is 0.518 bits per heavy atom. The summed E-state index contributed by atoms with van der Waals surface area (Å²) in [6.07, 6.45) is 19.2. The number of piperidine rings is 7. The van der Waals surface area contributed by atoms with Crippen molar-refractivity contribution in [2.75, 3.05) is 204 Å². The first-order chi connectivity index (χ1) is 65.3. The van der Waals surface area contributed by atoms with Crippen LogP contribution >= 0.6 is 0 Å². The molecule has 7 fully saturated rings. The molecule has 28 heteroatoms. The smallest absolute Gasteiger partial charge is 0.0780 e. The number of anilines is 7. The van der Waals surface area contributed by atoms with Crippen molar-refractivity contribution in [1.29, 1.82) is 0 Å². The van der Waals surface area contributed by atoms with Crippen molar-refractivity contribution >= 4 is 39.8 Å². The highest BCUT2D eigenvalue weighted by Gasteiger charge is 2.34. The fourth-order valence-corrected chi connectivity index (χ4v) is 18.6. The van der Waals surface area contributed by atoms with E-state index >= 15 is 0 Å². The molecule has 1 unspecified atom stereocenters. The molecule has 137 heavy (non-hydrogen) atoms. The Hall–Kier alpha value is -7.91. The Balaban J connectivity index is 0.000000196. The van der Waals surface area contributed by atoms with Gasteiger partial charge in [0.1, 0.15) is 0 Å². The lowest BCUT2D eigenvalue weighted by Gasteiger charge is -2.39. The van der Waals surface area contributed by atoms with E-state index in [1.807, 2.05) is 18.6 Å². The number of hydrogen-bond acceptors (Lipinski definition) is 28. The molecule has 28 nitrogen and oxygen atoms in total. The number of β-amino-alcohol motifs (C(OH)–C–C–N with tert-alkyl or cyclic N) is 3. The molecule has 0 amide bonds. The standard InChI is InChI=1S/4C16H27N3O.3C15H24N2O2/c1-12(2)14-5-6-16(15(17-14)11-18(3)4)19-9-7-13(20)8-10-19;3*1-12(2)14-7-8-16(15(17-14)11-18(3)4)19-9-5-6-13(20)10-19;3*1-11(2)15-7-5-12(8-16-15)17-9-14(19-3)6-4-13(17)10-18/h5-6,12-13,20H,7-11H2,1-4H3;3*7-8,12-13,20H,5-6,9-11H2,1-4H3;3*5,7-8,11,13-14,18H,4,6,9-10H2,1-3H3/t;2*13-;;13-,14+;2*13-,14-/m.10.010/s1. The van der Waals surface area contributed by atoms with E-state index in [9.17, 15) is 35.7 Å². The van der Waals surface area contributed by atoms with E-state index in [0.29, 0.717) is 41.4 Å². The number of methoxy groups -OCH3 is 3. The summed E-state index contributed by atoms with van der Waals surface area (Å²) in [7, 11) is 21.8. The Labute approximate surface area is 825 Å². The molecular formula is C109H180N18O10. The van der Waals surface area contributed by atoms with Crippen molar-refractivity contribution in [3.63, 3.8) is 0 Å². The average Bonchev–Trinajstić information content (AvgIpc) is 0.821. The van der Waals surface area contributed by atoms with Gasteiger partial charge in [-0.2, -0.15) is 0 Å². The molecule has 7 saturated heterocycles. The van der Waals surface area contributed by atoms with Gasteiger partial charge in [-0.05, 0) is 273 Å². The lowest BCUT2D eigenvalue weighted by Crippen LogP contribution is -2.48. The Kier molecular flexibility index (Phi) is 48.3. The minimum Gasteiger partial charge on any atom is -0.394 e. The van der Waals surface area contributed by atoms with Crippen LogP contribution in [-0.4, -0.2) is 321 Å². The molecule has 7 aromatic heterocycles. The number of rotatable bonds is 28. The van der Waals surface area contributed by atoms with Crippen molar-refractivity contribution in [2.45, 2.75) is 315 Å². The number of hydrogen-bond donors (Lipinski definition) is 7. The second-order valence-electron chi connectivity index (χ2n) is 41.9. The first kappa shape index (κ1) is 114. The summed E-state index contributed by atoms with van der Waals surface area (Å²) < 4.78 is 16.4. The molecule has 7 aromatic rings. The van der Waals surface area contributed by atoms with Crippen LogP contribution in [0.15, 0.2) is 104 Å². The van der Waals surface area contributed by atoms with Gasteiger partial charge < -0.3 is 104 Å². The van der Waals surface area contributed by atoms with Crippen LogP contribution in [0, 0.1) is 0 Å². The molecule has 0 aromatic carbocycles. The normalized spacial score (nSPS) is 21.2. The molecule has 766 valence electrons. The van der Waals surface area contributed by atoms with Crippen LogP contribution < -0.4 is 34.3 Å². The molecule has 14 heterocycles. The van der Waals surface area contributed by atoms with Gasteiger partial charge in [0.25, 0.3) is 0 Å². The van der Waals surface area contributed by atoms with Crippen molar-refractivity contribution in [3.05, 3.63) is 166 Å². The van der Waals surface area contributed by atoms with Crippen molar-refractivity contribution in [3.8, 4) is 0 Å². The Bertz CT molecular complexity index is 4160. The third-order valence-electron chi connectivity index (χ3n) is 26.8. The summed E-state index contributed by atoms with van der Waals surface area (Å²) in [5.74, 6) is 3.10. The molecule has 7 aliphatic rings. The Morgan fingerprint density at radius 3 is 0.715 bits per heavy atom. The number of nitrogens with zero attached hydrogens (tertiary/aromatic N) is 18. The molecule has 14 rings (SSSR count). The molecule has 7 aliphatic heterocycles. The van der Waals surface area contributed by atoms with Crippen LogP contribution in [0.2, 0.25) is 0 Å². The average molecular weight is 1900 g/mol. The summed E-state index contributed by atoms with van der Waals surface area (Å²) in [4.78, 5) is 57.4. The van der Waals surface area contributed by atoms with Gasteiger partial charge in [0.2, 0.25) is 0 Å². The first-order valence-corrected chi connectivity index (χ1v) is 51.2. The number of aromatic nitrogens is 7. The second kappa shape index (κ2) is 57.9. The summed E-state index contributed by atoms with van der Waals surface area (Å²) in [5.41, 5.74) is 20.4. The maximum absolute atomic E-state index is 9.88. The van der Waals surface area contributed by atoms with Crippen LogP contribution in [0.4, 0.5) is 39.8 Å². The predicted octanol–water partition coefficient (Wildman–Crippen LogP) is 15.5. The molecule has 0 bridgehead atoms. The van der Waals surface area contributed by atoms with E-state index < -0.39 is 0 Å². The lowest BCUT2D eigenvalue weighted by molar-refractivity contribution is 0.0743. The van der Waals surface area contributed by atoms with Gasteiger partial charge in [-0.25, -0.2) is 0 Å². The van der Waals surface area contributed by atoms with E-state index in [1.54, 1.807) is 21.3 Å². The fourth-order valence-electron chi connectivity index (χ4n) is 18.6. The van der Waals surface area contributed by atoms with Gasteiger partial charge in [0, 0.05) is 159 Å². The fraction of sp³-hybridized carbons (Fsp3) is 0.679. The monoisotopic (exact) mass is 1900 g/mol. The van der Waals surface area contributed by atoms with Crippen LogP contribution in [0.25, 0.3) is 0 Å².